The minimum Gasteiger partial charge on any atom is -0.469 e. The Labute approximate surface area is 171 Å². The molecule has 3 rings (SSSR count). The number of hydrogen-bond donors (Lipinski definition) is 1. The molecule has 0 radical (unpaired) electrons. The molecule has 0 atom stereocenters. The Hall–Kier alpha value is -2.72. The first-order valence-corrected chi connectivity index (χ1v) is 9.31. The molecule has 30 heavy (non-hydrogen) atoms. The molecule has 0 unspecified atom stereocenters. The number of nitrogens with one attached hydrogen (secondary N) is 1. The highest BCUT2D eigenvalue weighted by Gasteiger charge is 2.29. The van der Waals surface area contributed by atoms with Gasteiger partial charge in [0.1, 0.15) is 11.6 Å². The van der Waals surface area contributed by atoms with Crippen LogP contribution in [0, 0.1) is 6.92 Å². The lowest BCUT2D eigenvalue weighted by Gasteiger charge is -2.19. The lowest BCUT2D eigenvalue weighted by Crippen LogP contribution is -2.17. The first-order valence-electron chi connectivity index (χ1n) is 9.31. The molecular formula is C20H22F3N3O4. The first kappa shape index (κ1) is 22.0. The van der Waals surface area contributed by atoms with Crippen molar-refractivity contribution in [2.75, 3.05) is 25.6 Å². The molecule has 162 valence electrons. The molecule has 1 saturated heterocycles. The van der Waals surface area contributed by atoms with Crippen LogP contribution in [0.3, 0.4) is 0 Å². The summed E-state index contributed by atoms with van der Waals surface area (Å²) in [5, 5.41) is 3.12. The maximum Gasteiger partial charge on any atom is 0.393 e. The molecule has 0 bridgehead atoms. The predicted octanol–water partition coefficient (Wildman–Crippen LogP) is 3.26. The zero-order chi connectivity index (χ0) is 21.7. The van der Waals surface area contributed by atoms with E-state index in [1.54, 1.807) is 19.1 Å². The van der Waals surface area contributed by atoms with Crippen molar-refractivity contribution in [1.82, 2.24) is 9.97 Å². The van der Waals surface area contributed by atoms with Gasteiger partial charge in [0, 0.05) is 6.54 Å². The molecule has 10 heteroatoms. The number of nitrogens with zero attached hydrogens (tertiary/aromatic N) is 2. The topological polar surface area (TPSA) is 82.6 Å². The number of halogens is 3. The van der Waals surface area contributed by atoms with E-state index in [0.29, 0.717) is 41.7 Å². The Morgan fingerprint density at radius 1 is 1.23 bits per heavy atom. The fraction of sp³-hybridized carbons (Fsp3) is 0.450. The number of aromatic nitrogens is 2. The summed E-state index contributed by atoms with van der Waals surface area (Å²) in [5.74, 6) is 0.344. The Kier molecular flexibility index (Phi) is 6.88. The van der Waals surface area contributed by atoms with E-state index >= 15 is 0 Å². The van der Waals surface area contributed by atoms with Crippen LogP contribution in [0.1, 0.15) is 34.5 Å². The van der Waals surface area contributed by atoms with E-state index in [2.05, 4.69) is 15.3 Å². The number of alkyl halides is 3. The van der Waals surface area contributed by atoms with E-state index in [4.69, 9.17) is 14.2 Å². The molecule has 1 aromatic carbocycles. The van der Waals surface area contributed by atoms with Crippen LogP contribution < -0.4 is 5.32 Å². The van der Waals surface area contributed by atoms with Gasteiger partial charge in [-0.15, -0.1) is 0 Å². The van der Waals surface area contributed by atoms with Crippen LogP contribution in [-0.2, 0) is 38.4 Å². The lowest BCUT2D eigenvalue weighted by atomic mass is 10.1. The maximum absolute atomic E-state index is 12.7. The van der Waals surface area contributed by atoms with Crippen molar-refractivity contribution >= 4 is 11.8 Å². The number of rotatable bonds is 7. The number of carbonyl (C=O) groups is 1. The van der Waals surface area contributed by atoms with Crippen LogP contribution in [0.25, 0.3) is 0 Å². The minimum atomic E-state index is -4.27. The molecule has 0 saturated carbocycles. The van der Waals surface area contributed by atoms with Crippen molar-refractivity contribution in [3.63, 3.8) is 0 Å². The summed E-state index contributed by atoms with van der Waals surface area (Å²) in [5.41, 5.74) is 1.72. The molecular weight excluding hydrogens is 403 g/mol. The summed E-state index contributed by atoms with van der Waals surface area (Å²) in [6, 6.07) is 6.23. The van der Waals surface area contributed by atoms with Crippen LogP contribution in [-0.4, -0.2) is 42.4 Å². The van der Waals surface area contributed by atoms with E-state index in [-0.39, 0.29) is 18.5 Å². The van der Waals surface area contributed by atoms with E-state index < -0.39 is 24.9 Å². The van der Waals surface area contributed by atoms with E-state index in [0.717, 1.165) is 0 Å². The average molecular weight is 425 g/mol. The van der Waals surface area contributed by atoms with Gasteiger partial charge in [0.05, 0.1) is 44.4 Å². The van der Waals surface area contributed by atoms with Gasteiger partial charge in [0.2, 0.25) is 0 Å². The summed E-state index contributed by atoms with van der Waals surface area (Å²) < 4.78 is 53.9. The quantitative estimate of drug-likeness (QED) is 0.682. The van der Waals surface area contributed by atoms with Gasteiger partial charge < -0.3 is 19.5 Å². The van der Waals surface area contributed by atoms with Crippen molar-refractivity contribution in [2.45, 2.75) is 38.8 Å². The predicted molar refractivity (Wildman–Crippen MR) is 101 cm³/mol. The van der Waals surface area contributed by atoms with Crippen LogP contribution in [0.4, 0.5) is 19.0 Å². The van der Waals surface area contributed by atoms with Crippen LogP contribution in [0.2, 0.25) is 0 Å². The number of carbonyl (C=O) groups excluding carboxylic acids is 1. The smallest absolute Gasteiger partial charge is 0.393 e. The molecule has 1 aromatic heterocycles. The van der Waals surface area contributed by atoms with Crippen molar-refractivity contribution < 1.29 is 32.2 Å². The number of aryl methyl sites for hydroxylation is 1. The molecule has 1 fully saturated rings. The number of esters is 1. The summed E-state index contributed by atoms with van der Waals surface area (Å²) in [6.45, 7) is 2.67. The summed E-state index contributed by atoms with van der Waals surface area (Å²) in [4.78, 5) is 20.6. The van der Waals surface area contributed by atoms with E-state index in [9.17, 15) is 18.0 Å². The fourth-order valence-corrected chi connectivity index (χ4v) is 3.16. The van der Waals surface area contributed by atoms with Gasteiger partial charge in [-0.2, -0.15) is 13.2 Å². The summed E-state index contributed by atoms with van der Waals surface area (Å²) >= 11 is 0. The number of hydrogen-bond acceptors (Lipinski definition) is 7. The SMILES string of the molecule is COC(=O)Cc1nc(C)nc(NCc2cccc(CC(F)(F)F)c2)c1C1OCCO1. The highest BCUT2D eigenvalue weighted by Crippen LogP contribution is 2.32. The second-order valence-corrected chi connectivity index (χ2v) is 6.77. The van der Waals surface area contributed by atoms with Gasteiger partial charge in [-0.05, 0) is 18.1 Å². The average Bonchev–Trinajstić information content (AvgIpc) is 3.19. The van der Waals surface area contributed by atoms with Crippen molar-refractivity contribution in [3.8, 4) is 0 Å². The van der Waals surface area contributed by atoms with Gasteiger partial charge >= 0.3 is 12.1 Å². The second-order valence-electron chi connectivity index (χ2n) is 6.77. The largest absolute Gasteiger partial charge is 0.469 e. The van der Waals surface area contributed by atoms with Gasteiger partial charge in [0.25, 0.3) is 0 Å². The van der Waals surface area contributed by atoms with Crippen molar-refractivity contribution in [2.24, 2.45) is 0 Å². The number of anilines is 1. The molecule has 7 nitrogen and oxygen atoms in total. The lowest BCUT2D eigenvalue weighted by molar-refractivity contribution is -0.140. The standard InChI is InChI=1S/C20H22F3N3O4/c1-12-25-15(9-16(27)28-2)17(19-29-6-7-30-19)18(26-12)24-11-14-5-3-4-13(8-14)10-20(21,22)23/h3-5,8,19H,6-7,9-11H2,1-2H3,(H,24,25,26). The van der Waals surface area contributed by atoms with Crippen LogP contribution >= 0.6 is 0 Å². The molecule has 0 amide bonds. The molecule has 2 heterocycles. The van der Waals surface area contributed by atoms with E-state index in [1.807, 2.05) is 0 Å². The molecule has 0 spiro atoms. The zero-order valence-corrected chi connectivity index (χ0v) is 16.6. The number of methoxy groups -OCH3 is 1. The highest BCUT2D eigenvalue weighted by atomic mass is 19.4. The minimum absolute atomic E-state index is 0.0891. The molecule has 2 aromatic rings. The molecule has 0 aliphatic carbocycles. The Bertz CT molecular complexity index is 899. The second kappa shape index (κ2) is 9.40. The number of ether oxygens (including phenoxy) is 3. The monoisotopic (exact) mass is 425 g/mol. The van der Waals surface area contributed by atoms with Gasteiger partial charge in [-0.25, -0.2) is 9.97 Å². The molecule has 1 N–H and O–H groups in total. The summed E-state index contributed by atoms with van der Waals surface area (Å²) in [7, 11) is 1.28. The summed E-state index contributed by atoms with van der Waals surface area (Å²) in [6.07, 6.45) is -6.10. The Morgan fingerprint density at radius 3 is 2.60 bits per heavy atom. The third-order valence-electron chi connectivity index (χ3n) is 4.39. The Balaban J connectivity index is 1.86. The Morgan fingerprint density at radius 2 is 1.93 bits per heavy atom. The fourth-order valence-electron chi connectivity index (χ4n) is 3.16. The molecule has 1 aliphatic rings. The highest BCUT2D eigenvalue weighted by molar-refractivity contribution is 5.73. The van der Waals surface area contributed by atoms with Gasteiger partial charge in [-0.3, -0.25) is 4.79 Å². The zero-order valence-electron chi connectivity index (χ0n) is 16.6. The first-order chi connectivity index (χ1) is 14.2. The van der Waals surface area contributed by atoms with Crippen LogP contribution in [0.5, 0.6) is 0 Å². The van der Waals surface area contributed by atoms with Gasteiger partial charge in [0.15, 0.2) is 6.29 Å². The maximum atomic E-state index is 12.7. The van der Waals surface area contributed by atoms with Gasteiger partial charge in [-0.1, -0.05) is 24.3 Å². The molecule has 1 aliphatic heterocycles. The normalized spacial score (nSPS) is 14.7. The number of benzene rings is 1. The van der Waals surface area contributed by atoms with Crippen molar-refractivity contribution in [3.05, 3.63) is 52.5 Å². The third kappa shape index (κ3) is 5.90. The van der Waals surface area contributed by atoms with E-state index in [1.165, 1.54) is 19.2 Å². The van der Waals surface area contributed by atoms with Crippen LogP contribution in [0.15, 0.2) is 24.3 Å². The van der Waals surface area contributed by atoms with Crippen molar-refractivity contribution in [1.29, 1.82) is 0 Å². The third-order valence-corrected chi connectivity index (χ3v) is 4.39.